The van der Waals surface area contributed by atoms with Crippen LogP contribution in [-0.4, -0.2) is 44.9 Å². The zero-order valence-electron chi connectivity index (χ0n) is 15.3. The maximum absolute atomic E-state index is 12.6. The van der Waals surface area contributed by atoms with Crippen LogP contribution in [0.4, 0.5) is 10.6 Å². The lowest BCUT2D eigenvalue weighted by Gasteiger charge is -2.34. The molecular weight excluding hydrogens is 332 g/mol. The molecule has 2 aromatic rings. The van der Waals surface area contributed by atoms with Crippen molar-refractivity contribution in [1.29, 1.82) is 0 Å². The Morgan fingerprint density at radius 1 is 1.27 bits per heavy atom. The van der Waals surface area contributed by atoms with E-state index in [0.29, 0.717) is 18.8 Å². The third-order valence-electron chi connectivity index (χ3n) is 4.83. The number of hydrogen-bond donors (Lipinski definition) is 2. The molecule has 138 valence electrons. The van der Waals surface area contributed by atoms with Gasteiger partial charge in [-0.1, -0.05) is 31.2 Å². The Morgan fingerprint density at radius 3 is 2.69 bits per heavy atom. The molecule has 2 heterocycles. The van der Waals surface area contributed by atoms with Gasteiger partial charge in [-0.05, 0) is 24.8 Å². The standard InChI is InChI=1S/C19H24N4O3/c1-12-8-14(18(24)25)11-23(10-12)19(26)20-17-9-16(21-22(17)3)15-7-5-4-6-13(15)2/h4-7,9,12,14H,8,10-11H2,1-3H3,(H,20,26)(H,24,25). The topological polar surface area (TPSA) is 87.5 Å². The van der Waals surface area contributed by atoms with Gasteiger partial charge >= 0.3 is 12.0 Å². The van der Waals surface area contributed by atoms with Gasteiger partial charge in [0.05, 0.1) is 11.6 Å². The molecule has 7 nitrogen and oxygen atoms in total. The Labute approximate surface area is 152 Å². The van der Waals surface area contributed by atoms with Gasteiger partial charge in [-0.2, -0.15) is 5.10 Å². The highest BCUT2D eigenvalue weighted by molar-refractivity contribution is 5.89. The number of aromatic nitrogens is 2. The van der Waals surface area contributed by atoms with Crippen molar-refractivity contribution in [2.45, 2.75) is 20.3 Å². The predicted molar refractivity (Wildman–Crippen MR) is 98.9 cm³/mol. The Morgan fingerprint density at radius 2 is 2.00 bits per heavy atom. The summed E-state index contributed by atoms with van der Waals surface area (Å²) in [5.74, 6) is -0.627. The van der Waals surface area contributed by atoms with E-state index in [0.717, 1.165) is 16.8 Å². The lowest BCUT2D eigenvalue weighted by Crippen LogP contribution is -2.47. The van der Waals surface area contributed by atoms with E-state index in [1.165, 1.54) is 0 Å². The quantitative estimate of drug-likeness (QED) is 0.885. The Bertz CT molecular complexity index is 830. The number of aliphatic carboxylic acids is 1. The summed E-state index contributed by atoms with van der Waals surface area (Å²) in [7, 11) is 1.77. The number of benzene rings is 1. The number of nitrogens with one attached hydrogen (secondary N) is 1. The molecule has 1 saturated heterocycles. The number of rotatable bonds is 3. The van der Waals surface area contributed by atoms with Gasteiger partial charge < -0.3 is 10.0 Å². The molecule has 7 heteroatoms. The third-order valence-corrected chi connectivity index (χ3v) is 4.83. The fourth-order valence-electron chi connectivity index (χ4n) is 3.46. The zero-order valence-corrected chi connectivity index (χ0v) is 15.3. The summed E-state index contributed by atoms with van der Waals surface area (Å²) in [5.41, 5.74) is 2.91. The van der Waals surface area contributed by atoms with Crippen LogP contribution in [0, 0.1) is 18.8 Å². The van der Waals surface area contributed by atoms with Crippen LogP contribution in [0.3, 0.4) is 0 Å². The van der Waals surface area contributed by atoms with Gasteiger partial charge in [0.2, 0.25) is 0 Å². The van der Waals surface area contributed by atoms with Crippen molar-refractivity contribution in [3.63, 3.8) is 0 Å². The summed E-state index contributed by atoms with van der Waals surface area (Å²) in [4.78, 5) is 25.5. The first kappa shape index (κ1) is 18.0. The van der Waals surface area contributed by atoms with E-state index in [1.807, 2.05) is 44.2 Å². The highest BCUT2D eigenvalue weighted by atomic mass is 16.4. The number of likely N-dealkylation sites (tertiary alicyclic amines) is 1. The molecular formula is C19H24N4O3. The van der Waals surface area contributed by atoms with Gasteiger partial charge in [0.1, 0.15) is 5.82 Å². The molecule has 1 aliphatic heterocycles. The molecule has 3 rings (SSSR count). The molecule has 1 aromatic carbocycles. The fourth-order valence-corrected chi connectivity index (χ4v) is 3.46. The number of carbonyl (C=O) groups is 2. The van der Waals surface area contributed by atoms with Crippen LogP contribution in [0.1, 0.15) is 18.9 Å². The molecule has 0 bridgehead atoms. The largest absolute Gasteiger partial charge is 0.481 e. The number of carboxylic acid groups (broad SMARTS) is 1. The molecule has 1 aliphatic rings. The van der Waals surface area contributed by atoms with E-state index in [2.05, 4.69) is 10.4 Å². The Kier molecular flexibility index (Phi) is 4.97. The Hall–Kier alpha value is -2.83. The van der Waals surface area contributed by atoms with Crippen molar-refractivity contribution < 1.29 is 14.7 Å². The molecule has 0 spiro atoms. The molecule has 0 aliphatic carbocycles. The maximum atomic E-state index is 12.6. The lowest BCUT2D eigenvalue weighted by molar-refractivity contribution is -0.143. The number of nitrogens with zero attached hydrogens (tertiary/aromatic N) is 3. The van der Waals surface area contributed by atoms with E-state index in [9.17, 15) is 14.7 Å². The molecule has 0 radical (unpaired) electrons. The second-order valence-corrected chi connectivity index (χ2v) is 7.06. The van der Waals surface area contributed by atoms with E-state index in [1.54, 1.807) is 16.6 Å². The van der Waals surface area contributed by atoms with Crippen molar-refractivity contribution in [1.82, 2.24) is 14.7 Å². The summed E-state index contributed by atoms with van der Waals surface area (Å²) >= 11 is 0. The van der Waals surface area contributed by atoms with E-state index >= 15 is 0 Å². The number of hydrogen-bond acceptors (Lipinski definition) is 3. The first-order chi connectivity index (χ1) is 12.3. The summed E-state index contributed by atoms with van der Waals surface area (Å²) in [5, 5.41) is 16.6. The molecule has 2 unspecified atom stereocenters. The normalized spacial score (nSPS) is 20.0. The van der Waals surface area contributed by atoms with Crippen molar-refractivity contribution in [2.75, 3.05) is 18.4 Å². The summed E-state index contributed by atoms with van der Waals surface area (Å²) in [6.45, 7) is 4.77. The molecule has 1 fully saturated rings. The van der Waals surface area contributed by atoms with Crippen LogP contribution in [0.5, 0.6) is 0 Å². The van der Waals surface area contributed by atoms with E-state index in [-0.39, 0.29) is 18.5 Å². The van der Waals surface area contributed by atoms with Crippen LogP contribution in [0.25, 0.3) is 11.3 Å². The van der Waals surface area contributed by atoms with E-state index < -0.39 is 11.9 Å². The summed E-state index contributed by atoms with van der Waals surface area (Å²) in [6.07, 6.45) is 0.599. The van der Waals surface area contributed by atoms with Crippen LogP contribution >= 0.6 is 0 Å². The molecule has 2 atom stereocenters. The van der Waals surface area contributed by atoms with Gasteiger partial charge in [-0.25, -0.2) is 4.79 Å². The van der Waals surface area contributed by atoms with Crippen molar-refractivity contribution in [2.24, 2.45) is 18.9 Å². The summed E-state index contributed by atoms with van der Waals surface area (Å²) < 4.78 is 1.63. The maximum Gasteiger partial charge on any atom is 0.323 e. The molecule has 0 saturated carbocycles. The predicted octanol–water partition coefficient (Wildman–Crippen LogP) is 2.97. The van der Waals surface area contributed by atoms with Crippen LogP contribution < -0.4 is 5.32 Å². The van der Waals surface area contributed by atoms with Gasteiger partial charge in [0.25, 0.3) is 0 Å². The third kappa shape index (κ3) is 3.71. The van der Waals surface area contributed by atoms with Gasteiger partial charge in [-0.3, -0.25) is 14.8 Å². The van der Waals surface area contributed by atoms with Crippen molar-refractivity contribution in [3.8, 4) is 11.3 Å². The smallest absolute Gasteiger partial charge is 0.323 e. The van der Waals surface area contributed by atoms with Crippen LogP contribution in [-0.2, 0) is 11.8 Å². The molecule has 2 amide bonds. The number of anilines is 1. The minimum Gasteiger partial charge on any atom is -0.481 e. The molecule has 2 N–H and O–H groups in total. The summed E-state index contributed by atoms with van der Waals surface area (Å²) in [6, 6.07) is 9.48. The fraction of sp³-hybridized carbons (Fsp3) is 0.421. The number of amides is 2. The van der Waals surface area contributed by atoms with Crippen LogP contribution in [0.2, 0.25) is 0 Å². The first-order valence-corrected chi connectivity index (χ1v) is 8.74. The second kappa shape index (κ2) is 7.19. The lowest BCUT2D eigenvalue weighted by atomic mass is 9.91. The highest BCUT2D eigenvalue weighted by Gasteiger charge is 2.32. The van der Waals surface area contributed by atoms with Gasteiger partial charge in [-0.15, -0.1) is 0 Å². The Balaban J connectivity index is 1.76. The van der Waals surface area contributed by atoms with Crippen LogP contribution in [0.15, 0.2) is 30.3 Å². The first-order valence-electron chi connectivity index (χ1n) is 8.74. The monoisotopic (exact) mass is 356 g/mol. The number of carboxylic acids is 1. The number of aryl methyl sites for hydroxylation is 2. The highest BCUT2D eigenvalue weighted by Crippen LogP contribution is 2.26. The van der Waals surface area contributed by atoms with Gasteiger partial charge in [0, 0.05) is 31.8 Å². The van der Waals surface area contributed by atoms with Crippen molar-refractivity contribution >= 4 is 17.8 Å². The van der Waals surface area contributed by atoms with Crippen molar-refractivity contribution in [3.05, 3.63) is 35.9 Å². The molecule has 26 heavy (non-hydrogen) atoms. The second-order valence-electron chi connectivity index (χ2n) is 7.06. The number of urea groups is 1. The molecule has 1 aromatic heterocycles. The minimum atomic E-state index is -0.850. The SMILES string of the molecule is Cc1ccccc1-c1cc(NC(=O)N2CC(C)CC(C(=O)O)C2)n(C)n1. The van der Waals surface area contributed by atoms with E-state index in [4.69, 9.17) is 0 Å². The minimum absolute atomic E-state index is 0.157. The average Bonchev–Trinajstić information content (AvgIpc) is 2.95. The average molecular weight is 356 g/mol. The zero-order chi connectivity index (χ0) is 18.8. The number of carbonyl (C=O) groups excluding carboxylic acids is 1. The number of piperidine rings is 1. The van der Waals surface area contributed by atoms with Gasteiger partial charge in [0.15, 0.2) is 0 Å².